The number of hydrogen-bond acceptors (Lipinski definition) is 4. The Morgan fingerprint density at radius 2 is 2.05 bits per heavy atom. The summed E-state index contributed by atoms with van der Waals surface area (Å²) in [6, 6.07) is 3.32. The lowest BCUT2D eigenvalue weighted by molar-refractivity contribution is 0.00950. The number of rotatable bonds is 2. The second-order valence-corrected chi connectivity index (χ2v) is 5.40. The Morgan fingerprint density at radius 3 is 2.68 bits per heavy atom. The minimum atomic E-state index is -0.537. The number of halogens is 1. The number of fused-ring (bicyclic) bond motifs is 2. The zero-order chi connectivity index (χ0) is 13.4. The van der Waals surface area contributed by atoms with Crippen molar-refractivity contribution < 1.29 is 13.9 Å². The van der Waals surface area contributed by atoms with Crippen LogP contribution >= 0.6 is 0 Å². The summed E-state index contributed by atoms with van der Waals surface area (Å²) >= 11 is 0. The maximum Gasteiger partial charge on any atom is 0.213 e. The standard InChI is InChI=1S/C14H17FN2O2/c1-8-12(2-3-13(15)16-8)14(18)9-4-10-6-19-7-11(5-9)17-10/h2-3,9-11,17H,4-7H2,1H3. The fourth-order valence-corrected chi connectivity index (χ4v) is 3.06. The predicted molar refractivity (Wildman–Crippen MR) is 67.5 cm³/mol. The van der Waals surface area contributed by atoms with Gasteiger partial charge in [-0.05, 0) is 31.9 Å². The molecule has 2 aliphatic heterocycles. The van der Waals surface area contributed by atoms with Crippen molar-refractivity contribution in [1.29, 1.82) is 0 Å². The molecular weight excluding hydrogens is 247 g/mol. The van der Waals surface area contributed by atoms with Gasteiger partial charge in [0.25, 0.3) is 0 Å². The lowest BCUT2D eigenvalue weighted by Crippen LogP contribution is -2.55. The zero-order valence-corrected chi connectivity index (χ0v) is 10.9. The zero-order valence-electron chi connectivity index (χ0n) is 10.9. The average Bonchev–Trinajstić information content (AvgIpc) is 2.37. The van der Waals surface area contributed by atoms with E-state index in [2.05, 4.69) is 10.3 Å². The molecule has 1 aromatic rings. The maximum absolute atomic E-state index is 13.0. The van der Waals surface area contributed by atoms with Crippen molar-refractivity contribution in [3.8, 4) is 0 Å². The van der Waals surface area contributed by atoms with E-state index in [0.717, 1.165) is 12.8 Å². The molecule has 2 atom stereocenters. The normalized spacial score (nSPS) is 30.1. The molecule has 3 rings (SSSR count). The molecule has 5 heteroatoms. The molecule has 2 saturated heterocycles. The van der Waals surface area contributed by atoms with Crippen molar-refractivity contribution in [2.75, 3.05) is 13.2 Å². The first-order valence-electron chi connectivity index (χ1n) is 6.64. The summed E-state index contributed by atoms with van der Waals surface area (Å²) in [4.78, 5) is 16.3. The highest BCUT2D eigenvalue weighted by atomic mass is 19.1. The van der Waals surface area contributed by atoms with Gasteiger partial charge in [-0.15, -0.1) is 0 Å². The van der Waals surface area contributed by atoms with E-state index < -0.39 is 5.95 Å². The molecule has 19 heavy (non-hydrogen) atoms. The van der Waals surface area contributed by atoms with Crippen LogP contribution in [0.25, 0.3) is 0 Å². The monoisotopic (exact) mass is 264 g/mol. The molecule has 1 N–H and O–H groups in total. The van der Waals surface area contributed by atoms with Crippen LogP contribution in [0.1, 0.15) is 28.9 Å². The van der Waals surface area contributed by atoms with Crippen LogP contribution in [-0.4, -0.2) is 36.1 Å². The number of aryl methyl sites for hydroxylation is 1. The molecule has 0 spiro atoms. The van der Waals surface area contributed by atoms with Crippen LogP contribution in [-0.2, 0) is 4.74 Å². The van der Waals surface area contributed by atoms with Crippen LogP contribution in [0.3, 0.4) is 0 Å². The highest BCUT2D eigenvalue weighted by Gasteiger charge is 2.35. The molecule has 0 aliphatic carbocycles. The third-order valence-electron chi connectivity index (χ3n) is 3.94. The largest absolute Gasteiger partial charge is 0.378 e. The van der Waals surface area contributed by atoms with Gasteiger partial charge in [-0.25, -0.2) is 4.98 Å². The molecule has 2 bridgehead atoms. The highest BCUT2D eigenvalue weighted by molar-refractivity contribution is 5.98. The fraction of sp³-hybridized carbons (Fsp3) is 0.571. The Bertz CT molecular complexity index is 494. The van der Waals surface area contributed by atoms with Gasteiger partial charge in [0.2, 0.25) is 5.95 Å². The van der Waals surface area contributed by atoms with Gasteiger partial charge in [0.1, 0.15) is 0 Å². The molecule has 0 aromatic carbocycles. The molecule has 2 fully saturated rings. The number of pyridine rings is 1. The summed E-state index contributed by atoms with van der Waals surface area (Å²) in [5.74, 6) is -0.459. The third-order valence-corrected chi connectivity index (χ3v) is 3.94. The number of piperidine rings is 1. The number of Topliss-reactive ketones (excluding diaryl/α,β-unsaturated/α-hetero) is 1. The number of ether oxygens (including phenoxy) is 1. The third kappa shape index (κ3) is 2.53. The average molecular weight is 264 g/mol. The minimum Gasteiger partial charge on any atom is -0.378 e. The number of carbonyl (C=O) groups excluding carboxylic acids is 1. The molecule has 0 radical (unpaired) electrons. The molecule has 0 saturated carbocycles. The number of hydrogen-bond donors (Lipinski definition) is 1. The summed E-state index contributed by atoms with van der Waals surface area (Å²) in [7, 11) is 0. The quantitative estimate of drug-likeness (QED) is 0.649. The van der Waals surface area contributed by atoms with Crippen LogP contribution in [0.4, 0.5) is 4.39 Å². The van der Waals surface area contributed by atoms with Crippen molar-refractivity contribution in [3.63, 3.8) is 0 Å². The molecule has 0 amide bonds. The van der Waals surface area contributed by atoms with Gasteiger partial charge in [-0.2, -0.15) is 4.39 Å². The topological polar surface area (TPSA) is 51.2 Å². The van der Waals surface area contributed by atoms with E-state index in [9.17, 15) is 9.18 Å². The van der Waals surface area contributed by atoms with Crippen molar-refractivity contribution in [2.45, 2.75) is 31.8 Å². The summed E-state index contributed by atoms with van der Waals surface area (Å²) in [6.07, 6.45) is 1.57. The van der Waals surface area contributed by atoms with Gasteiger partial charge in [0, 0.05) is 23.6 Å². The molecule has 3 heterocycles. The van der Waals surface area contributed by atoms with Crippen LogP contribution in [0.2, 0.25) is 0 Å². The summed E-state index contributed by atoms with van der Waals surface area (Å²) in [6.45, 7) is 3.02. The van der Waals surface area contributed by atoms with Crippen LogP contribution in [0.5, 0.6) is 0 Å². The second-order valence-electron chi connectivity index (χ2n) is 5.40. The fourth-order valence-electron chi connectivity index (χ4n) is 3.06. The lowest BCUT2D eigenvalue weighted by Gasteiger charge is -2.39. The Kier molecular flexibility index (Phi) is 3.33. The van der Waals surface area contributed by atoms with Crippen molar-refractivity contribution in [3.05, 3.63) is 29.3 Å². The SMILES string of the molecule is Cc1nc(F)ccc1C(=O)C1CC2COCC(C1)N2. The molecule has 2 aliphatic rings. The Labute approximate surface area is 111 Å². The van der Waals surface area contributed by atoms with E-state index in [1.807, 2.05) is 0 Å². The Hall–Kier alpha value is -1.33. The first-order chi connectivity index (χ1) is 9.13. The first-order valence-corrected chi connectivity index (χ1v) is 6.64. The minimum absolute atomic E-state index is 0.00823. The molecule has 4 nitrogen and oxygen atoms in total. The molecule has 102 valence electrons. The summed E-state index contributed by atoms with van der Waals surface area (Å²) in [5, 5.41) is 3.46. The van der Waals surface area contributed by atoms with Gasteiger partial charge < -0.3 is 10.1 Å². The number of carbonyl (C=O) groups is 1. The predicted octanol–water partition coefficient (Wildman–Crippen LogP) is 1.48. The van der Waals surface area contributed by atoms with E-state index >= 15 is 0 Å². The first kappa shape index (κ1) is 12.7. The molecule has 2 unspecified atom stereocenters. The van der Waals surface area contributed by atoms with Gasteiger partial charge in [-0.1, -0.05) is 0 Å². The van der Waals surface area contributed by atoms with E-state index in [0.29, 0.717) is 24.5 Å². The number of aromatic nitrogens is 1. The second kappa shape index (κ2) is 4.98. The van der Waals surface area contributed by atoms with E-state index in [-0.39, 0.29) is 23.8 Å². The molecule has 1 aromatic heterocycles. The van der Waals surface area contributed by atoms with Gasteiger partial charge in [0.05, 0.1) is 18.9 Å². The van der Waals surface area contributed by atoms with Crippen molar-refractivity contribution in [1.82, 2.24) is 10.3 Å². The Morgan fingerprint density at radius 1 is 1.37 bits per heavy atom. The van der Waals surface area contributed by atoms with E-state index in [4.69, 9.17) is 4.74 Å². The van der Waals surface area contributed by atoms with Crippen LogP contribution in [0.15, 0.2) is 12.1 Å². The van der Waals surface area contributed by atoms with E-state index in [1.165, 1.54) is 6.07 Å². The number of ketones is 1. The van der Waals surface area contributed by atoms with Crippen molar-refractivity contribution in [2.24, 2.45) is 5.92 Å². The molecular formula is C14H17FN2O2. The maximum atomic E-state index is 13.0. The smallest absolute Gasteiger partial charge is 0.213 e. The van der Waals surface area contributed by atoms with E-state index in [1.54, 1.807) is 13.0 Å². The van der Waals surface area contributed by atoms with Gasteiger partial charge >= 0.3 is 0 Å². The Balaban J connectivity index is 1.80. The summed E-state index contributed by atoms with van der Waals surface area (Å²) in [5.41, 5.74) is 1.03. The highest BCUT2D eigenvalue weighted by Crippen LogP contribution is 2.27. The number of morpholine rings is 1. The number of nitrogens with one attached hydrogen (secondary N) is 1. The van der Waals surface area contributed by atoms with Crippen LogP contribution < -0.4 is 5.32 Å². The summed E-state index contributed by atoms with van der Waals surface area (Å²) < 4.78 is 18.5. The van der Waals surface area contributed by atoms with Gasteiger partial charge in [-0.3, -0.25) is 4.79 Å². The number of nitrogens with zero attached hydrogens (tertiary/aromatic N) is 1. The van der Waals surface area contributed by atoms with Crippen molar-refractivity contribution >= 4 is 5.78 Å². The van der Waals surface area contributed by atoms with Crippen LogP contribution in [0, 0.1) is 18.8 Å². The van der Waals surface area contributed by atoms with Gasteiger partial charge in [0.15, 0.2) is 5.78 Å². The lowest BCUT2D eigenvalue weighted by atomic mass is 9.82.